The lowest BCUT2D eigenvalue weighted by molar-refractivity contribution is -0.159. The largest absolute Gasteiger partial charge is 0.493 e. The lowest BCUT2D eigenvalue weighted by atomic mass is 9.41. The third-order valence-electron chi connectivity index (χ3n) is 6.07. The number of imidazole rings is 1. The van der Waals surface area contributed by atoms with Crippen molar-refractivity contribution in [2.45, 2.75) is 50.1 Å². The molecule has 3 aromatic heterocycles. The number of ketones is 1. The van der Waals surface area contributed by atoms with Crippen molar-refractivity contribution in [3.8, 4) is 5.75 Å². The van der Waals surface area contributed by atoms with E-state index in [4.69, 9.17) is 4.74 Å². The summed E-state index contributed by atoms with van der Waals surface area (Å²) in [5.74, 6) is 0.136. The number of carbonyl (C=O) groups is 1. The van der Waals surface area contributed by atoms with Crippen LogP contribution >= 0.6 is 0 Å². The van der Waals surface area contributed by atoms with E-state index in [-0.39, 0.29) is 23.3 Å². The first-order valence-corrected chi connectivity index (χ1v) is 9.93. The van der Waals surface area contributed by atoms with Crippen molar-refractivity contribution >= 4 is 11.4 Å². The number of hydrogen-bond acceptors (Lipinski definition) is 4. The number of fused-ring (bicyclic) bond motifs is 1. The summed E-state index contributed by atoms with van der Waals surface area (Å²) in [4.78, 5) is 21.2. The number of Topliss-reactive ketones (excluding diaryl/α,β-unsaturated/α-hetero) is 1. The van der Waals surface area contributed by atoms with E-state index in [0.717, 1.165) is 5.69 Å². The predicted octanol–water partition coefficient (Wildman–Crippen LogP) is 4.63. The van der Waals surface area contributed by atoms with Gasteiger partial charge in [-0.1, -0.05) is 6.07 Å². The highest BCUT2D eigenvalue weighted by Crippen LogP contribution is 2.69. The number of hydrogen-bond donors (Lipinski definition) is 0. The molecule has 3 saturated carbocycles. The maximum absolute atomic E-state index is 13.9. The third-order valence-corrected chi connectivity index (χ3v) is 6.07. The Bertz CT molecular complexity index is 1140. The zero-order chi connectivity index (χ0) is 21.1. The van der Waals surface area contributed by atoms with Gasteiger partial charge in [-0.2, -0.15) is 0 Å². The standard InChI is InChI=1S/C22H20F3N3O2/c1-2-30-17-7-19-27-18(21-10-22(25,11-21)12-21)9-28(19)8-13(17)6-16(29)14-4-3-5-15(26-14)20(23)24/h3-5,7-9,20H,2,6,10-12H2,1H3. The van der Waals surface area contributed by atoms with E-state index >= 15 is 0 Å². The molecule has 2 bridgehead atoms. The van der Waals surface area contributed by atoms with Crippen LogP contribution in [-0.4, -0.2) is 32.4 Å². The first-order valence-electron chi connectivity index (χ1n) is 9.93. The number of nitrogens with zero attached hydrogens (tertiary/aromatic N) is 3. The molecule has 0 aliphatic heterocycles. The van der Waals surface area contributed by atoms with Crippen molar-refractivity contribution in [3.05, 3.63) is 59.3 Å². The van der Waals surface area contributed by atoms with E-state index in [0.29, 0.717) is 42.8 Å². The molecule has 3 heterocycles. The molecule has 0 aromatic carbocycles. The number of rotatable bonds is 7. The molecule has 3 aliphatic carbocycles. The number of carbonyl (C=O) groups excluding carboxylic acids is 1. The minimum atomic E-state index is -2.74. The van der Waals surface area contributed by atoms with Crippen LogP contribution in [-0.2, 0) is 11.8 Å². The van der Waals surface area contributed by atoms with Crippen molar-refractivity contribution in [2.24, 2.45) is 0 Å². The molecular weight excluding hydrogens is 395 g/mol. The summed E-state index contributed by atoms with van der Waals surface area (Å²) in [6.45, 7) is 2.24. The van der Waals surface area contributed by atoms with Gasteiger partial charge in [0.05, 0.1) is 12.3 Å². The van der Waals surface area contributed by atoms with Crippen LogP contribution in [0.15, 0.2) is 36.7 Å². The summed E-state index contributed by atoms with van der Waals surface area (Å²) in [5, 5.41) is 0. The third kappa shape index (κ3) is 2.97. The fourth-order valence-electron chi connectivity index (χ4n) is 4.67. The lowest BCUT2D eigenvalue weighted by Crippen LogP contribution is -2.67. The highest BCUT2D eigenvalue weighted by atomic mass is 19.3. The van der Waals surface area contributed by atoms with Gasteiger partial charge in [0, 0.05) is 35.9 Å². The van der Waals surface area contributed by atoms with Gasteiger partial charge in [0.1, 0.15) is 28.5 Å². The van der Waals surface area contributed by atoms with Gasteiger partial charge in [0.25, 0.3) is 6.43 Å². The van der Waals surface area contributed by atoms with E-state index in [1.165, 1.54) is 18.2 Å². The molecule has 3 aliphatic rings. The minimum Gasteiger partial charge on any atom is -0.493 e. The van der Waals surface area contributed by atoms with Crippen LogP contribution < -0.4 is 4.74 Å². The minimum absolute atomic E-state index is 0.0104. The van der Waals surface area contributed by atoms with Crippen LogP contribution in [0.5, 0.6) is 5.75 Å². The molecule has 0 unspecified atom stereocenters. The molecule has 3 aromatic rings. The monoisotopic (exact) mass is 415 g/mol. The van der Waals surface area contributed by atoms with Crippen LogP contribution in [0.25, 0.3) is 5.65 Å². The van der Waals surface area contributed by atoms with Gasteiger partial charge >= 0.3 is 0 Å². The molecule has 0 saturated heterocycles. The van der Waals surface area contributed by atoms with E-state index in [9.17, 15) is 18.0 Å². The molecule has 0 amide bonds. The number of alkyl halides is 3. The van der Waals surface area contributed by atoms with Crippen LogP contribution in [0.1, 0.15) is 60.1 Å². The predicted molar refractivity (Wildman–Crippen MR) is 103 cm³/mol. The molecule has 30 heavy (non-hydrogen) atoms. The number of halogens is 3. The molecule has 3 fully saturated rings. The van der Waals surface area contributed by atoms with Gasteiger partial charge in [-0.3, -0.25) is 4.79 Å². The Morgan fingerprint density at radius 1 is 1.23 bits per heavy atom. The molecule has 5 nitrogen and oxygen atoms in total. The molecule has 0 spiro atoms. The van der Waals surface area contributed by atoms with Gasteiger partial charge in [0.15, 0.2) is 5.78 Å². The highest BCUT2D eigenvalue weighted by Gasteiger charge is 2.70. The Hall–Kier alpha value is -2.90. The van der Waals surface area contributed by atoms with Crippen molar-refractivity contribution in [2.75, 3.05) is 6.61 Å². The van der Waals surface area contributed by atoms with Crippen molar-refractivity contribution in [1.29, 1.82) is 0 Å². The highest BCUT2D eigenvalue weighted by molar-refractivity contribution is 5.96. The van der Waals surface area contributed by atoms with Crippen LogP contribution in [0, 0.1) is 0 Å². The zero-order valence-electron chi connectivity index (χ0n) is 16.4. The van der Waals surface area contributed by atoms with E-state index < -0.39 is 17.8 Å². The lowest BCUT2D eigenvalue weighted by Gasteiger charge is -2.65. The van der Waals surface area contributed by atoms with E-state index in [1.807, 2.05) is 17.5 Å². The summed E-state index contributed by atoms with van der Waals surface area (Å²) >= 11 is 0. The van der Waals surface area contributed by atoms with Gasteiger partial charge in [-0.05, 0) is 38.3 Å². The maximum Gasteiger partial charge on any atom is 0.280 e. The summed E-state index contributed by atoms with van der Waals surface area (Å²) in [7, 11) is 0. The Kier molecular flexibility index (Phi) is 4.17. The van der Waals surface area contributed by atoms with Gasteiger partial charge < -0.3 is 9.14 Å². The summed E-state index contributed by atoms with van der Waals surface area (Å²) in [5.41, 5.74) is 0.529. The fraction of sp³-hybridized carbons (Fsp3) is 0.409. The first-order chi connectivity index (χ1) is 14.3. The second kappa shape index (κ2) is 6.55. The van der Waals surface area contributed by atoms with Gasteiger partial charge in [-0.25, -0.2) is 23.1 Å². The zero-order valence-corrected chi connectivity index (χ0v) is 16.4. The second-order valence-electron chi connectivity index (χ2n) is 8.30. The molecule has 0 radical (unpaired) electrons. The van der Waals surface area contributed by atoms with E-state index in [2.05, 4.69) is 9.97 Å². The van der Waals surface area contributed by atoms with Crippen LogP contribution in [0.4, 0.5) is 13.2 Å². The fourth-order valence-corrected chi connectivity index (χ4v) is 4.67. The SMILES string of the molecule is CCOc1cc2nc(C34CC(F)(C3)C4)cn2cc1CC(=O)c1cccc(C(F)F)n1. The summed E-state index contributed by atoms with van der Waals surface area (Å²) < 4.78 is 47.3. The average molecular weight is 415 g/mol. The number of aromatic nitrogens is 3. The van der Waals surface area contributed by atoms with Crippen molar-refractivity contribution < 1.29 is 22.7 Å². The quantitative estimate of drug-likeness (QED) is 0.528. The molecule has 0 N–H and O–H groups in total. The topological polar surface area (TPSA) is 56.5 Å². The van der Waals surface area contributed by atoms with E-state index in [1.54, 1.807) is 12.3 Å². The van der Waals surface area contributed by atoms with Crippen LogP contribution in [0.2, 0.25) is 0 Å². The number of ether oxygens (including phenoxy) is 1. The Morgan fingerprint density at radius 2 is 2.00 bits per heavy atom. The van der Waals surface area contributed by atoms with Gasteiger partial charge in [0.2, 0.25) is 0 Å². The normalized spacial score (nSPS) is 24.6. The Morgan fingerprint density at radius 3 is 2.67 bits per heavy atom. The summed E-state index contributed by atoms with van der Waals surface area (Å²) in [6, 6.07) is 5.78. The Balaban J connectivity index is 1.46. The smallest absolute Gasteiger partial charge is 0.280 e. The van der Waals surface area contributed by atoms with Crippen molar-refractivity contribution in [1.82, 2.24) is 14.4 Å². The molecule has 0 atom stereocenters. The number of pyridine rings is 2. The van der Waals surface area contributed by atoms with Crippen molar-refractivity contribution in [3.63, 3.8) is 0 Å². The average Bonchev–Trinajstić information content (AvgIpc) is 3.07. The molecule has 156 valence electrons. The van der Waals surface area contributed by atoms with Gasteiger partial charge in [-0.15, -0.1) is 0 Å². The maximum atomic E-state index is 13.9. The summed E-state index contributed by atoms with van der Waals surface area (Å²) in [6.07, 6.45) is 2.41. The molecular formula is C22H20F3N3O2. The molecule has 6 rings (SSSR count). The Labute approximate surface area is 170 Å². The van der Waals surface area contributed by atoms with Crippen LogP contribution in [0.3, 0.4) is 0 Å². The second-order valence-corrected chi connectivity index (χ2v) is 8.30. The molecule has 8 heteroatoms. The first kappa shape index (κ1) is 19.1.